The summed E-state index contributed by atoms with van der Waals surface area (Å²) in [7, 11) is 0. The summed E-state index contributed by atoms with van der Waals surface area (Å²) in [5.74, 6) is -1.13. The van der Waals surface area contributed by atoms with Gasteiger partial charge in [0.05, 0.1) is 19.2 Å². The van der Waals surface area contributed by atoms with E-state index in [0.29, 0.717) is 28.5 Å². The number of esters is 1. The van der Waals surface area contributed by atoms with E-state index in [1.165, 1.54) is 4.68 Å². The van der Waals surface area contributed by atoms with E-state index in [-0.39, 0.29) is 24.9 Å². The fourth-order valence-corrected chi connectivity index (χ4v) is 4.59. The van der Waals surface area contributed by atoms with Crippen LogP contribution in [0.3, 0.4) is 0 Å². The van der Waals surface area contributed by atoms with Crippen LogP contribution in [0.15, 0.2) is 65.8 Å². The first-order valence-electron chi connectivity index (χ1n) is 11.2. The third kappa shape index (κ3) is 4.62. The molecule has 33 heavy (non-hydrogen) atoms. The van der Waals surface area contributed by atoms with Crippen molar-refractivity contribution in [2.24, 2.45) is 10.9 Å². The second kappa shape index (κ2) is 10.1. The molecule has 7 heteroatoms. The van der Waals surface area contributed by atoms with Gasteiger partial charge in [-0.2, -0.15) is 9.78 Å². The largest absolute Gasteiger partial charge is 0.465 e. The van der Waals surface area contributed by atoms with Gasteiger partial charge < -0.3 is 4.74 Å². The van der Waals surface area contributed by atoms with Crippen molar-refractivity contribution < 1.29 is 14.3 Å². The van der Waals surface area contributed by atoms with E-state index in [0.717, 1.165) is 17.5 Å². The maximum atomic E-state index is 13.2. The van der Waals surface area contributed by atoms with E-state index in [1.807, 2.05) is 55.5 Å². The molecule has 0 saturated carbocycles. The summed E-state index contributed by atoms with van der Waals surface area (Å²) in [5.41, 5.74) is 3.06. The predicted octanol–water partition coefficient (Wildman–Crippen LogP) is 5.62. The lowest BCUT2D eigenvalue weighted by Gasteiger charge is -2.31. The van der Waals surface area contributed by atoms with Gasteiger partial charge in [0, 0.05) is 22.2 Å². The van der Waals surface area contributed by atoms with Crippen molar-refractivity contribution in [1.29, 1.82) is 0 Å². The minimum atomic E-state index is -0.626. The van der Waals surface area contributed by atoms with Crippen LogP contribution in [0.2, 0.25) is 5.02 Å². The van der Waals surface area contributed by atoms with Gasteiger partial charge >= 0.3 is 5.97 Å². The SMILES string of the molecule is CCCC1=Nc2c(cnn2C(=O)Cc2ccccc2)C(c2ccccc2Cl)C1C(=O)OCC. The Hall–Kier alpha value is -3.25. The molecular weight excluding hydrogens is 438 g/mol. The van der Waals surface area contributed by atoms with Crippen LogP contribution in [-0.2, 0) is 16.0 Å². The molecule has 170 valence electrons. The Kier molecular flexibility index (Phi) is 7.04. The summed E-state index contributed by atoms with van der Waals surface area (Å²) < 4.78 is 6.79. The highest BCUT2D eigenvalue weighted by molar-refractivity contribution is 6.31. The number of nitrogens with zero attached hydrogens (tertiary/aromatic N) is 3. The predicted molar refractivity (Wildman–Crippen MR) is 128 cm³/mol. The standard InChI is InChI=1S/C26H26ClN3O3/c1-3-10-21-24(26(32)33-4-2)23(18-13-8-9-14-20(18)27)19-16-28-30(25(19)29-21)22(31)15-17-11-6-5-7-12-17/h5-9,11-14,16,23-24H,3-4,10,15H2,1-2H3. The highest BCUT2D eigenvalue weighted by Crippen LogP contribution is 2.45. The summed E-state index contributed by atoms with van der Waals surface area (Å²) in [4.78, 5) is 31.1. The van der Waals surface area contributed by atoms with Crippen LogP contribution in [0, 0.1) is 5.92 Å². The molecule has 6 nitrogen and oxygen atoms in total. The average molecular weight is 464 g/mol. The Morgan fingerprint density at radius 1 is 1.03 bits per heavy atom. The van der Waals surface area contributed by atoms with Crippen LogP contribution in [0.25, 0.3) is 0 Å². The zero-order valence-corrected chi connectivity index (χ0v) is 19.5. The number of hydrogen-bond acceptors (Lipinski definition) is 5. The molecule has 2 unspecified atom stereocenters. The van der Waals surface area contributed by atoms with Crippen molar-refractivity contribution in [3.05, 3.63) is 82.5 Å². The lowest BCUT2D eigenvalue weighted by molar-refractivity contribution is -0.146. The summed E-state index contributed by atoms with van der Waals surface area (Å²) in [6, 6.07) is 17.0. The third-order valence-corrected chi connectivity index (χ3v) is 6.11. The van der Waals surface area contributed by atoms with Crippen molar-refractivity contribution in [3.8, 4) is 0 Å². The Bertz CT molecular complexity index is 1190. The fourth-order valence-electron chi connectivity index (χ4n) is 4.34. The first kappa shape index (κ1) is 22.9. The zero-order chi connectivity index (χ0) is 23.4. The molecular formula is C26H26ClN3O3. The molecule has 0 bridgehead atoms. The molecule has 0 radical (unpaired) electrons. The van der Waals surface area contributed by atoms with Gasteiger partial charge in [-0.1, -0.05) is 73.5 Å². The van der Waals surface area contributed by atoms with Gasteiger partial charge in [-0.25, -0.2) is 4.99 Å². The number of carbonyl (C=O) groups is 2. The molecule has 1 aliphatic rings. The van der Waals surface area contributed by atoms with Crippen LogP contribution in [0.1, 0.15) is 54.1 Å². The lowest BCUT2D eigenvalue weighted by atomic mass is 9.76. The number of hydrogen-bond donors (Lipinski definition) is 0. The monoisotopic (exact) mass is 463 g/mol. The van der Waals surface area contributed by atoms with Crippen LogP contribution in [0.4, 0.5) is 5.82 Å². The van der Waals surface area contributed by atoms with Gasteiger partial charge in [-0.3, -0.25) is 9.59 Å². The highest BCUT2D eigenvalue weighted by Gasteiger charge is 2.42. The van der Waals surface area contributed by atoms with Gasteiger partial charge in [0.1, 0.15) is 5.92 Å². The molecule has 4 rings (SSSR count). The number of halogens is 1. The number of rotatable bonds is 7. The lowest BCUT2D eigenvalue weighted by Crippen LogP contribution is -2.35. The van der Waals surface area contributed by atoms with Crippen molar-refractivity contribution in [3.63, 3.8) is 0 Å². The third-order valence-electron chi connectivity index (χ3n) is 5.77. The first-order chi connectivity index (χ1) is 16.0. The van der Waals surface area contributed by atoms with Crippen LogP contribution < -0.4 is 0 Å². The van der Waals surface area contributed by atoms with Gasteiger partial charge in [0.2, 0.25) is 0 Å². The van der Waals surface area contributed by atoms with Crippen LogP contribution in [0.5, 0.6) is 0 Å². The zero-order valence-electron chi connectivity index (χ0n) is 18.7. The summed E-state index contributed by atoms with van der Waals surface area (Å²) in [6.07, 6.45) is 3.23. The Balaban J connectivity index is 1.84. The van der Waals surface area contributed by atoms with Crippen molar-refractivity contribution in [2.45, 2.75) is 39.0 Å². The molecule has 0 N–H and O–H groups in total. The van der Waals surface area contributed by atoms with Crippen molar-refractivity contribution in [1.82, 2.24) is 9.78 Å². The molecule has 1 aliphatic heterocycles. The second-order valence-electron chi connectivity index (χ2n) is 7.97. The van der Waals surface area contributed by atoms with E-state index in [9.17, 15) is 9.59 Å². The molecule has 2 aromatic carbocycles. The fraction of sp³-hybridized carbons (Fsp3) is 0.308. The van der Waals surface area contributed by atoms with Crippen LogP contribution >= 0.6 is 11.6 Å². The molecule has 0 saturated heterocycles. The molecule has 1 aromatic heterocycles. The van der Waals surface area contributed by atoms with E-state index >= 15 is 0 Å². The second-order valence-corrected chi connectivity index (χ2v) is 8.38. The van der Waals surface area contributed by atoms with Gasteiger partial charge in [0.15, 0.2) is 5.82 Å². The molecule has 0 spiro atoms. The van der Waals surface area contributed by atoms with Gasteiger partial charge in [0.25, 0.3) is 5.91 Å². The van der Waals surface area contributed by atoms with E-state index < -0.39 is 11.8 Å². The topological polar surface area (TPSA) is 73.5 Å². The minimum absolute atomic E-state index is 0.186. The maximum absolute atomic E-state index is 13.2. The normalized spacial score (nSPS) is 17.2. The van der Waals surface area contributed by atoms with Crippen molar-refractivity contribution >= 4 is 35.0 Å². The molecule has 2 heterocycles. The maximum Gasteiger partial charge on any atom is 0.315 e. The van der Waals surface area contributed by atoms with Crippen molar-refractivity contribution in [2.75, 3.05) is 6.61 Å². The van der Waals surface area contributed by atoms with Crippen LogP contribution in [-0.4, -0.2) is 34.0 Å². The minimum Gasteiger partial charge on any atom is -0.465 e. The summed E-state index contributed by atoms with van der Waals surface area (Å²) in [6.45, 7) is 4.09. The average Bonchev–Trinajstić information content (AvgIpc) is 3.23. The van der Waals surface area contributed by atoms with Gasteiger partial charge in [-0.15, -0.1) is 0 Å². The Morgan fingerprint density at radius 2 is 1.76 bits per heavy atom. The van der Waals surface area contributed by atoms with Gasteiger partial charge in [-0.05, 0) is 30.5 Å². The number of ether oxygens (including phenoxy) is 1. The summed E-state index contributed by atoms with van der Waals surface area (Å²) in [5, 5.41) is 4.94. The molecule has 0 aliphatic carbocycles. The number of aliphatic imine (C=N–C) groups is 1. The number of fused-ring (bicyclic) bond motifs is 1. The van der Waals surface area contributed by atoms with E-state index in [2.05, 4.69) is 5.10 Å². The van der Waals surface area contributed by atoms with E-state index in [1.54, 1.807) is 19.2 Å². The number of benzene rings is 2. The quantitative estimate of drug-likeness (QED) is 0.426. The highest BCUT2D eigenvalue weighted by atomic mass is 35.5. The molecule has 0 amide bonds. The smallest absolute Gasteiger partial charge is 0.315 e. The van der Waals surface area contributed by atoms with E-state index in [4.69, 9.17) is 21.3 Å². The number of carbonyl (C=O) groups excluding carboxylic acids is 2. The Morgan fingerprint density at radius 3 is 2.45 bits per heavy atom. The molecule has 3 aromatic rings. The number of aromatic nitrogens is 2. The Labute approximate surface area is 198 Å². The molecule has 0 fully saturated rings. The molecule has 2 atom stereocenters. The first-order valence-corrected chi connectivity index (χ1v) is 11.6. The summed E-state index contributed by atoms with van der Waals surface area (Å²) >= 11 is 6.59.